The molecule has 1 amide bonds. The molecule has 0 spiro atoms. The van der Waals surface area contributed by atoms with E-state index in [9.17, 15) is 4.79 Å². The van der Waals surface area contributed by atoms with E-state index in [1.807, 2.05) is 6.92 Å². The fourth-order valence-electron chi connectivity index (χ4n) is 1.53. The molecule has 17 heavy (non-hydrogen) atoms. The topological polar surface area (TPSA) is 80.0 Å². The SMILES string of the molecule is CCCCCNC(=O)c1cnc(C)cc1NN. The monoisotopic (exact) mass is 236 g/mol. The summed E-state index contributed by atoms with van der Waals surface area (Å²) < 4.78 is 0. The largest absolute Gasteiger partial charge is 0.352 e. The van der Waals surface area contributed by atoms with E-state index in [4.69, 9.17) is 5.84 Å². The second-order valence-corrected chi connectivity index (χ2v) is 3.98. The predicted molar refractivity (Wildman–Crippen MR) is 68.6 cm³/mol. The van der Waals surface area contributed by atoms with Crippen LogP contribution < -0.4 is 16.6 Å². The molecular formula is C12H20N4O. The number of nitrogen functional groups attached to an aromatic ring is 1. The third kappa shape index (κ3) is 4.03. The van der Waals surface area contributed by atoms with Gasteiger partial charge in [0.1, 0.15) is 0 Å². The van der Waals surface area contributed by atoms with E-state index in [-0.39, 0.29) is 5.91 Å². The van der Waals surface area contributed by atoms with Crippen molar-refractivity contribution in [3.05, 3.63) is 23.5 Å². The maximum Gasteiger partial charge on any atom is 0.255 e. The summed E-state index contributed by atoms with van der Waals surface area (Å²) in [5, 5.41) is 2.85. The molecule has 1 heterocycles. The summed E-state index contributed by atoms with van der Waals surface area (Å²) in [6, 6.07) is 1.75. The van der Waals surface area contributed by atoms with Gasteiger partial charge in [-0.1, -0.05) is 19.8 Å². The van der Waals surface area contributed by atoms with E-state index in [0.717, 1.165) is 25.0 Å². The highest BCUT2D eigenvalue weighted by Gasteiger charge is 2.10. The average molecular weight is 236 g/mol. The first-order valence-corrected chi connectivity index (χ1v) is 5.90. The summed E-state index contributed by atoms with van der Waals surface area (Å²) in [4.78, 5) is 15.9. The fourth-order valence-corrected chi connectivity index (χ4v) is 1.53. The van der Waals surface area contributed by atoms with Crippen LogP contribution in [0.25, 0.3) is 0 Å². The third-order valence-electron chi connectivity index (χ3n) is 2.51. The summed E-state index contributed by atoms with van der Waals surface area (Å²) in [5.41, 5.74) is 4.42. The molecule has 0 atom stereocenters. The van der Waals surface area contributed by atoms with Crippen LogP contribution >= 0.6 is 0 Å². The van der Waals surface area contributed by atoms with E-state index in [2.05, 4.69) is 22.7 Å². The molecule has 0 radical (unpaired) electrons. The van der Waals surface area contributed by atoms with E-state index >= 15 is 0 Å². The number of hydrazine groups is 1. The smallest absolute Gasteiger partial charge is 0.255 e. The Morgan fingerprint density at radius 3 is 2.88 bits per heavy atom. The van der Waals surface area contributed by atoms with Crippen LogP contribution in [0, 0.1) is 6.92 Å². The predicted octanol–water partition coefficient (Wildman–Crippen LogP) is 1.60. The highest BCUT2D eigenvalue weighted by Crippen LogP contribution is 2.14. The van der Waals surface area contributed by atoms with Crippen molar-refractivity contribution in [2.75, 3.05) is 12.0 Å². The second kappa shape index (κ2) is 6.85. The molecule has 0 aliphatic heterocycles. The molecule has 0 saturated heterocycles. The Kier molecular flexibility index (Phi) is 5.42. The zero-order valence-electron chi connectivity index (χ0n) is 10.4. The van der Waals surface area contributed by atoms with Crippen LogP contribution in [-0.4, -0.2) is 17.4 Å². The van der Waals surface area contributed by atoms with Gasteiger partial charge in [0, 0.05) is 18.4 Å². The van der Waals surface area contributed by atoms with Crippen LogP contribution in [0.5, 0.6) is 0 Å². The Bertz CT molecular complexity index is 379. The molecule has 0 aliphatic rings. The Morgan fingerprint density at radius 2 is 2.24 bits per heavy atom. The zero-order valence-corrected chi connectivity index (χ0v) is 10.4. The minimum Gasteiger partial charge on any atom is -0.352 e. The Labute approximate surface area is 102 Å². The van der Waals surface area contributed by atoms with Crippen molar-refractivity contribution in [3.63, 3.8) is 0 Å². The number of aromatic nitrogens is 1. The van der Waals surface area contributed by atoms with E-state index in [0.29, 0.717) is 17.8 Å². The summed E-state index contributed by atoms with van der Waals surface area (Å²) in [5.74, 6) is 5.24. The van der Waals surface area contributed by atoms with Crippen molar-refractivity contribution in [3.8, 4) is 0 Å². The summed E-state index contributed by atoms with van der Waals surface area (Å²) >= 11 is 0. The molecule has 0 fully saturated rings. The number of pyridine rings is 1. The molecule has 0 aromatic carbocycles. The van der Waals surface area contributed by atoms with Gasteiger partial charge in [0.15, 0.2) is 0 Å². The van der Waals surface area contributed by atoms with Crippen LogP contribution in [0.1, 0.15) is 42.2 Å². The lowest BCUT2D eigenvalue weighted by Gasteiger charge is -2.09. The lowest BCUT2D eigenvalue weighted by atomic mass is 10.2. The number of aryl methyl sites for hydroxylation is 1. The van der Waals surface area contributed by atoms with Crippen molar-refractivity contribution in [1.29, 1.82) is 0 Å². The quantitative estimate of drug-likeness (QED) is 0.398. The van der Waals surface area contributed by atoms with Gasteiger partial charge in [-0.25, -0.2) is 0 Å². The number of carbonyl (C=O) groups excluding carboxylic acids is 1. The molecule has 4 N–H and O–H groups in total. The fraction of sp³-hybridized carbons (Fsp3) is 0.500. The molecule has 0 aliphatic carbocycles. The van der Waals surface area contributed by atoms with Gasteiger partial charge in [0.25, 0.3) is 5.91 Å². The minimum atomic E-state index is -0.137. The van der Waals surface area contributed by atoms with Gasteiger partial charge in [-0.15, -0.1) is 0 Å². The number of anilines is 1. The van der Waals surface area contributed by atoms with Gasteiger partial charge < -0.3 is 10.7 Å². The molecule has 0 bridgehead atoms. The maximum absolute atomic E-state index is 11.9. The lowest BCUT2D eigenvalue weighted by Crippen LogP contribution is -2.26. The number of nitrogens with two attached hydrogens (primary N) is 1. The number of hydrogen-bond acceptors (Lipinski definition) is 4. The van der Waals surface area contributed by atoms with Crippen LogP contribution in [0.15, 0.2) is 12.3 Å². The van der Waals surface area contributed by atoms with Crippen molar-refractivity contribution in [2.24, 2.45) is 5.84 Å². The molecule has 5 nitrogen and oxygen atoms in total. The summed E-state index contributed by atoms with van der Waals surface area (Å²) in [6.07, 6.45) is 4.79. The van der Waals surface area contributed by atoms with Crippen molar-refractivity contribution in [2.45, 2.75) is 33.1 Å². The van der Waals surface area contributed by atoms with Gasteiger partial charge >= 0.3 is 0 Å². The van der Waals surface area contributed by atoms with E-state index in [1.165, 1.54) is 0 Å². The molecule has 0 saturated carbocycles. The molecule has 94 valence electrons. The van der Waals surface area contributed by atoms with Crippen molar-refractivity contribution < 1.29 is 4.79 Å². The molecule has 1 rings (SSSR count). The van der Waals surface area contributed by atoms with E-state index in [1.54, 1.807) is 12.3 Å². The van der Waals surface area contributed by atoms with Gasteiger partial charge in [-0.3, -0.25) is 15.6 Å². The zero-order chi connectivity index (χ0) is 12.7. The van der Waals surface area contributed by atoms with Gasteiger partial charge in [-0.05, 0) is 19.4 Å². The number of unbranched alkanes of at least 4 members (excludes halogenated alkanes) is 2. The van der Waals surface area contributed by atoms with Gasteiger partial charge in [-0.2, -0.15) is 0 Å². The average Bonchev–Trinajstić information content (AvgIpc) is 2.34. The Balaban J connectivity index is 2.62. The summed E-state index contributed by atoms with van der Waals surface area (Å²) in [7, 11) is 0. The highest BCUT2D eigenvalue weighted by molar-refractivity contribution is 5.99. The second-order valence-electron chi connectivity index (χ2n) is 3.98. The minimum absolute atomic E-state index is 0.137. The van der Waals surface area contributed by atoms with Crippen LogP contribution in [-0.2, 0) is 0 Å². The number of carbonyl (C=O) groups is 1. The molecule has 5 heteroatoms. The maximum atomic E-state index is 11.9. The normalized spacial score (nSPS) is 10.1. The molecular weight excluding hydrogens is 216 g/mol. The van der Waals surface area contributed by atoms with Crippen LogP contribution in [0.3, 0.4) is 0 Å². The van der Waals surface area contributed by atoms with Gasteiger partial charge in [0.2, 0.25) is 0 Å². The number of hydrogen-bond donors (Lipinski definition) is 3. The number of amides is 1. The molecule has 1 aromatic heterocycles. The first-order valence-electron chi connectivity index (χ1n) is 5.90. The van der Waals surface area contributed by atoms with Gasteiger partial charge in [0.05, 0.1) is 11.3 Å². The number of rotatable bonds is 6. The number of nitrogens with zero attached hydrogens (tertiary/aromatic N) is 1. The summed E-state index contributed by atoms with van der Waals surface area (Å²) in [6.45, 7) is 4.66. The third-order valence-corrected chi connectivity index (χ3v) is 2.51. The molecule has 1 aromatic rings. The van der Waals surface area contributed by atoms with E-state index < -0.39 is 0 Å². The first kappa shape index (κ1) is 13.4. The number of nitrogens with one attached hydrogen (secondary N) is 2. The Hall–Kier alpha value is -1.62. The first-order chi connectivity index (χ1) is 8.19. The molecule has 0 unspecified atom stereocenters. The standard InChI is InChI=1S/C12H20N4O/c1-3-4-5-6-14-12(17)10-8-15-9(2)7-11(10)16-13/h7-8H,3-6,13H2,1-2H3,(H,14,17)(H,15,16). The van der Waals surface area contributed by atoms with Crippen LogP contribution in [0.2, 0.25) is 0 Å². The Morgan fingerprint density at radius 1 is 1.47 bits per heavy atom. The van der Waals surface area contributed by atoms with Crippen LogP contribution in [0.4, 0.5) is 5.69 Å². The lowest BCUT2D eigenvalue weighted by molar-refractivity contribution is 0.0953. The van der Waals surface area contributed by atoms with Crippen molar-refractivity contribution >= 4 is 11.6 Å². The van der Waals surface area contributed by atoms with Crippen molar-refractivity contribution in [1.82, 2.24) is 10.3 Å². The highest BCUT2D eigenvalue weighted by atomic mass is 16.1.